The fourth-order valence-corrected chi connectivity index (χ4v) is 13.0. The van der Waals surface area contributed by atoms with Crippen molar-refractivity contribution in [1.82, 2.24) is 4.90 Å². The highest BCUT2D eigenvalue weighted by molar-refractivity contribution is 5.73. The Labute approximate surface area is 334 Å². The molecule has 2 bridgehead atoms. The number of hydrogen-bond acceptors (Lipinski definition) is 5. The van der Waals surface area contributed by atoms with Gasteiger partial charge in [-0.05, 0) is 147 Å². The van der Waals surface area contributed by atoms with E-state index in [1.54, 1.807) is 0 Å². The standard InChI is InChI=1S/C49H89NO4/c1-43(2,3)31-39(50-25-16-18-41(50)51)48(13,14)23-17-22-47(11,12)36(42(52)54-40-26-33-21-24-49(40,15)28-33)30-46(9,10)32-45(7,8)29-35(44(4,5)6)34-19-20-37-38(27-34)53-37/h33-41,51H,16-32H2,1-15H3. The Morgan fingerprint density at radius 3 is 2.00 bits per heavy atom. The molecule has 3 aliphatic carbocycles. The van der Waals surface area contributed by atoms with Crippen LogP contribution in [-0.2, 0) is 14.3 Å². The first kappa shape index (κ1) is 44.5. The molecule has 0 aromatic heterocycles. The van der Waals surface area contributed by atoms with E-state index < -0.39 is 0 Å². The maximum absolute atomic E-state index is 14.7. The summed E-state index contributed by atoms with van der Waals surface area (Å²) in [5, 5.41) is 11.0. The van der Waals surface area contributed by atoms with Gasteiger partial charge in [0.15, 0.2) is 0 Å². The molecule has 2 heterocycles. The van der Waals surface area contributed by atoms with Crippen molar-refractivity contribution in [1.29, 1.82) is 0 Å². The summed E-state index contributed by atoms with van der Waals surface area (Å²) in [5.41, 5.74) is 0.622. The minimum Gasteiger partial charge on any atom is -0.462 e. The van der Waals surface area contributed by atoms with Crippen molar-refractivity contribution in [2.45, 2.75) is 237 Å². The van der Waals surface area contributed by atoms with E-state index in [0.29, 0.717) is 24.2 Å². The molecule has 2 aliphatic heterocycles. The first-order chi connectivity index (χ1) is 24.6. The molecule has 3 saturated carbocycles. The van der Waals surface area contributed by atoms with Crippen LogP contribution in [0.15, 0.2) is 0 Å². The molecule has 10 unspecified atom stereocenters. The van der Waals surface area contributed by atoms with E-state index in [1.807, 2.05) is 0 Å². The number of likely N-dealkylation sites (tertiary alicyclic amines) is 1. The van der Waals surface area contributed by atoms with Gasteiger partial charge in [-0.15, -0.1) is 0 Å². The lowest BCUT2D eigenvalue weighted by Gasteiger charge is -2.46. The van der Waals surface area contributed by atoms with Crippen LogP contribution >= 0.6 is 0 Å². The molecule has 2 saturated heterocycles. The second-order valence-electron chi connectivity index (χ2n) is 25.6. The molecule has 0 radical (unpaired) electrons. The van der Waals surface area contributed by atoms with Crippen LogP contribution in [0, 0.1) is 61.6 Å². The molecular weight excluding hydrogens is 667 g/mol. The number of ether oxygens (including phenoxy) is 2. The number of epoxide rings is 1. The second kappa shape index (κ2) is 15.8. The van der Waals surface area contributed by atoms with Crippen LogP contribution in [0.2, 0.25) is 0 Å². The molecule has 5 heteroatoms. The Hall–Kier alpha value is -0.650. The van der Waals surface area contributed by atoms with Crippen molar-refractivity contribution < 1.29 is 19.4 Å². The maximum atomic E-state index is 14.7. The Morgan fingerprint density at radius 1 is 0.815 bits per heavy atom. The van der Waals surface area contributed by atoms with Crippen molar-refractivity contribution in [3.8, 4) is 0 Å². The summed E-state index contributed by atoms with van der Waals surface area (Å²) < 4.78 is 12.7. The van der Waals surface area contributed by atoms with Gasteiger partial charge in [-0.1, -0.05) is 110 Å². The van der Waals surface area contributed by atoms with Crippen LogP contribution in [0.25, 0.3) is 0 Å². The van der Waals surface area contributed by atoms with E-state index in [2.05, 4.69) is 109 Å². The summed E-state index contributed by atoms with van der Waals surface area (Å²) in [7, 11) is 0. The maximum Gasteiger partial charge on any atom is 0.309 e. The number of carbonyl (C=O) groups excluding carboxylic acids is 1. The van der Waals surface area contributed by atoms with Gasteiger partial charge in [0, 0.05) is 18.0 Å². The van der Waals surface area contributed by atoms with Gasteiger partial charge in [0.25, 0.3) is 0 Å². The van der Waals surface area contributed by atoms with Gasteiger partial charge in [0.05, 0.1) is 18.1 Å². The van der Waals surface area contributed by atoms with E-state index in [0.717, 1.165) is 76.2 Å². The highest BCUT2D eigenvalue weighted by Crippen LogP contribution is 2.57. The summed E-state index contributed by atoms with van der Waals surface area (Å²) in [6, 6.07) is 0.335. The van der Waals surface area contributed by atoms with E-state index in [4.69, 9.17) is 9.47 Å². The number of hydrogen-bond donors (Lipinski definition) is 1. The summed E-state index contributed by atoms with van der Waals surface area (Å²) in [6.07, 6.45) is 18.7. The number of rotatable bonds is 17. The number of carbonyl (C=O) groups is 1. The van der Waals surface area contributed by atoms with Gasteiger partial charge in [-0.2, -0.15) is 0 Å². The Balaban J connectivity index is 1.31. The van der Waals surface area contributed by atoms with Gasteiger partial charge >= 0.3 is 5.97 Å². The quantitative estimate of drug-likeness (QED) is 0.118. The largest absolute Gasteiger partial charge is 0.462 e. The Bertz CT molecular complexity index is 1270. The lowest BCUT2D eigenvalue weighted by atomic mass is 9.59. The summed E-state index contributed by atoms with van der Waals surface area (Å²) in [4.78, 5) is 17.1. The van der Waals surface area contributed by atoms with Crippen LogP contribution in [0.4, 0.5) is 0 Å². The van der Waals surface area contributed by atoms with Crippen LogP contribution in [0.3, 0.4) is 0 Å². The molecule has 0 aromatic carbocycles. The lowest BCUT2D eigenvalue weighted by Crippen LogP contribution is -2.49. The molecule has 10 atom stereocenters. The second-order valence-corrected chi connectivity index (χ2v) is 25.6. The molecule has 1 N–H and O–H groups in total. The fraction of sp³-hybridized carbons (Fsp3) is 0.980. The van der Waals surface area contributed by atoms with Crippen molar-refractivity contribution in [2.24, 2.45) is 61.6 Å². The number of aliphatic hydroxyl groups excluding tert-OH is 1. The normalized spacial score (nSPS) is 32.7. The Kier molecular flexibility index (Phi) is 13.0. The van der Waals surface area contributed by atoms with E-state index in [-0.39, 0.29) is 62.1 Å². The minimum atomic E-state index is -0.327. The molecule has 314 valence electrons. The predicted octanol–water partition coefficient (Wildman–Crippen LogP) is 12.6. The fourth-order valence-electron chi connectivity index (χ4n) is 13.0. The number of nitrogens with zero attached hydrogens (tertiary/aromatic N) is 1. The van der Waals surface area contributed by atoms with Crippen LogP contribution in [0.5, 0.6) is 0 Å². The smallest absolute Gasteiger partial charge is 0.309 e. The zero-order valence-electron chi connectivity index (χ0n) is 38.3. The van der Waals surface area contributed by atoms with Crippen molar-refractivity contribution in [3.05, 3.63) is 0 Å². The number of esters is 1. The molecule has 5 fully saturated rings. The SMILES string of the molecule is CC(C)(C)CC(N1CCCC1O)C(C)(C)CCCC(C)(C)C(CC(C)(C)CC(C)(C)CC(C1CCC2OC2C1)C(C)(C)C)C(=O)OC1CC2CCC1(C)C2. The van der Waals surface area contributed by atoms with Crippen LogP contribution in [-0.4, -0.2) is 53.1 Å². The van der Waals surface area contributed by atoms with Gasteiger partial charge < -0.3 is 14.6 Å². The van der Waals surface area contributed by atoms with Crippen molar-refractivity contribution >= 4 is 5.97 Å². The molecular formula is C49H89NO4. The Morgan fingerprint density at radius 2 is 1.46 bits per heavy atom. The van der Waals surface area contributed by atoms with E-state index in [9.17, 15) is 9.90 Å². The first-order valence-corrected chi connectivity index (χ1v) is 22.9. The van der Waals surface area contributed by atoms with Crippen LogP contribution in [0.1, 0.15) is 207 Å². The van der Waals surface area contributed by atoms with E-state index in [1.165, 1.54) is 44.9 Å². The van der Waals surface area contributed by atoms with Gasteiger partial charge in [0.2, 0.25) is 0 Å². The molecule has 5 aliphatic rings. The topological polar surface area (TPSA) is 62.3 Å². The first-order valence-electron chi connectivity index (χ1n) is 22.9. The monoisotopic (exact) mass is 756 g/mol. The minimum absolute atomic E-state index is 0.00823. The van der Waals surface area contributed by atoms with Gasteiger partial charge in [0.1, 0.15) is 12.3 Å². The molecule has 5 nitrogen and oxygen atoms in total. The molecule has 54 heavy (non-hydrogen) atoms. The molecule has 0 amide bonds. The molecule has 5 rings (SSSR count). The van der Waals surface area contributed by atoms with Crippen molar-refractivity contribution in [3.63, 3.8) is 0 Å². The summed E-state index contributed by atoms with van der Waals surface area (Å²) >= 11 is 0. The number of aliphatic hydroxyl groups is 1. The number of fused-ring (bicyclic) bond motifs is 3. The summed E-state index contributed by atoms with van der Waals surface area (Å²) in [6.45, 7) is 37.3. The van der Waals surface area contributed by atoms with Gasteiger partial charge in [-0.3, -0.25) is 9.69 Å². The zero-order valence-corrected chi connectivity index (χ0v) is 38.3. The third-order valence-electron chi connectivity index (χ3n) is 15.9. The van der Waals surface area contributed by atoms with Crippen LogP contribution < -0.4 is 0 Å². The van der Waals surface area contributed by atoms with E-state index >= 15 is 0 Å². The highest BCUT2D eigenvalue weighted by Gasteiger charge is 2.53. The predicted molar refractivity (Wildman–Crippen MR) is 225 cm³/mol. The molecule has 0 aromatic rings. The lowest BCUT2D eigenvalue weighted by molar-refractivity contribution is -0.166. The third-order valence-corrected chi connectivity index (χ3v) is 15.9. The zero-order chi connectivity index (χ0) is 40.3. The summed E-state index contributed by atoms with van der Waals surface area (Å²) in [5.74, 6) is 2.06. The highest BCUT2D eigenvalue weighted by atomic mass is 16.6. The average Bonchev–Trinajstić information content (AvgIpc) is 3.33. The third kappa shape index (κ3) is 11.1. The van der Waals surface area contributed by atoms with Crippen molar-refractivity contribution in [2.75, 3.05) is 6.54 Å². The average molecular weight is 756 g/mol. The van der Waals surface area contributed by atoms with Gasteiger partial charge in [-0.25, -0.2) is 0 Å². The molecule has 0 spiro atoms.